The minimum absolute atomic E-state index is 0.0408. The van der Waals surface area contributed by atoms with Crippen LogP contribution in [0.15, 0.2) is 36.4 Å². The minimum Gasteiger partial charge on any atom is -0.480 e. The Bertz CT molecular complexity index is 625. The number of carboxylic acid groups (broad SMARTS) is 1. The van der Waals surface area contributed by atoms with Crippen molar-refractivity contribution in [1.82, 2.24) is 0 Å². The van der Waals surface area contributed by atoms with Crippen molar-refractivity contribution in [2.45, 2.75) is 0 Å². The number of nitrogens with zero attached hydrogens (tertiary/aromatic N) is 1. The first-order valence-corrected chi connectivity index (χ1v) is 5.21. The van der Waals surface area contributed by atoms with E-state index in [4.69, 9.17) is 5.11 Å². The fourth-order valence-corrected chi connectivity index (χ4v) is 1.72. The van der Waals surface area contributed by atoms with Gasteiger partial charge < -0.3 is 10.4 Å². The number of aliphatic carboxylic acids is 1. The Morgan fingerprint density at radius 2 is 2.06 bits per heavy atom. The molecule has 0 amide bonds. The van der Waals surface area contributed by atoms with Crippen molar-refractivity contribution in [3.8, 4) is 0 Å². The molecule has 0 unspecified atom stereocenters. The quantitative estimate of drug-likeness (QED) is 0.637. The number of nitrogens with one attached hydrogen (secondary N) is 1. The van der Waals surface area contributed by atoms with E-state index in [1.54, 1.807) is 30.3 Å². The molecule has 0 spiro atoms. The average molecular weight is 246 g/mol. The van der Waals surface area contributed by atoms with Crippen LogP contribution in [0.2, 0.25) is 0 Å². The lowest BCUT2D eigenvalue weighted by Crippen LogP contribution is -2.12. The zero-order valence-corrected chi connectivity index (χ0v) is 9.29. The summed E-state index contributed by atoms with van der Waals surface area (Å²) in [5.41, 5.74) is 0.379. The molecular formula is C12H10N2O4. The Balaban J connectivity index is 2.50. The maximum atomic E-state index is 11.0. The molecule has 0 aliphatic heterocycles. The van der Waals surface area contributed by atoms with E-state index >= 15 is 0 Å². The largest absolute Gasteiger partial charge is 0.480 e. The lowest BCUT2D eigenvalue weighted by atomic mass is 10.1. The number of hydrogen-bond donors (Lipinski definition) is 2. The van der Waals surface area contributed by atoms with E-state index in [0.29, 0.717) is 16.5 Å². The summed E-state index contributed by atoms with van der Waals surface area (Å²) in [6.07, 6.45) is 0. The molecule has 6 nitrogen and oxygen atoms in total. The summed E-state index contributed by atoms with van der Waals surface area (Å²) < 4.78 is 0. The van der Waals surface area contributed by atoms with Crippen molar-refractivity contribution in [1.29, 1.82) is 0 Å². The van der Waals surface area contributed by atoms with Crippen LogP contribution in [0.3, 0.4) is 0 Å². The van der Waals surface area contributed by atoms with Gasteiger partial charge in [-0.15, -0.1) is 0 Å². The second-order valence-corrected chi connectivity index (χ2v) is 3.72. The van der Waals surface area contributed by atoms with Crippen molar-refractivity contribution in [2.75, 3.05) is 11.9 Å². The van der Waals surface area contributed by atoms with Crippen molar-refractivity contribution in [2.24, 2.45) is 0 Å². The number of nitro benzene ring substituents is 1. The predicted molar refractivity (Wildman–Crippen MR) is 66.7 cm³/mol. The van der Waals surface area contributed by atoms with Gasteiger partial charge in [0, 0.05) is 11.8 Å². The van der Waals surface area contributed by atoms with Gasteiger partial charge in [0.05, 0.1) is 10.3 Å². The molecular weight excluding hydrogens is 236 g/mol. The first kappa shape index (κ1) is 11.8. The van der Waals surface area contributed by atoms with Crippen molar-refractivity contribution in [3.05, 3.63) is 46.5 Å². The van der Waals surface area contributed by atoms with E-state index in [9.17, 15) is 14.9 Å². The van der Waals surface area contributed by atoms with Gasteiger partial charge in [0.2, 0.25) is 0 Å². The number of rotatable bonds is 4. The summed E-state index contributed by atoms with van der Waals surface area (Å²) in [6.45, 7) is -0.282. The molecule has 92 valence electrons. The highest BCUT2D eigenvalue weighted by atomic mass is 16.6. The molecule has 0 heterocycles. The Kier molecular flexibility index (Phi) is 3.09. The van der Waals surface area contributed by atoms with Gasteiger partial charge in [-0.05, 0) is 17.5 Å². The normalized spacial score (nSPS) is 10.2. The third kappa shape index (κ3) is 2.37. The zero-order chi connectivity index (χ0) is 13.1. The summed E-state index contributed by atoms with van der Waals surface area (Å²) in [7, 11) is 0. The average Bonchev–Trinajstić information content (AvgIpc) is 2.35. The van der Waals surface area contributed by atoms with Crippen molar-refractivity contribution in [3.63, 3.8) is 0 Å². The molecule has 0 saturated heterocycles. The van der Waals surface area contributed by atoms with E-state index in [-0.39, 0.29) is 12.2 Å². The fourth-order valence-electron chi connectivity index (χ4n) is 1.72. The van der Waals surface area contributed by atoms with Crippen LogP contribution < -0.4 is 5.32 Å². The summed E-state index contributed by atoms with van der Waals surface area (Å²) in [5, 5.41) is 23.4. The van der Waals surface area contributed by atoms with Crippen LogP contribution in [-0.4, -0.2) is 22.5 Å². The Labute approximate surface area is 102 Å². The number of nitro groups is 1. The van der Waals surface area contributed by atoms with Crippen LogP contribution in [0.4, 0.5) is 11.4 Å². The van der Waals surface area contributed by atoms with Gasteiger partial charge in [-0.1, -0.05) is 18.2 Å². The number of fused-ring (bicyclic) bond motifs is 1. The van der Waals surface area contributed by atoms with Crippen LogP contribution in [0.5, 0.6) is 0 Å². The molecule has 0 atom stereocenters. The highest BCUT2D eigenvalue weighted by Gasteiger charge is 2.13. The number of non-ortho nitro benzene ring substituents is 1. The number of anilines is 1. The monoisotopic (exact) mass is 246 g/mol. The van der Waals surface area contributed by atoms with Gasteiger partial charge in [0.15, 0.2) is 0 Å². The molecule has 2 aromatic carbocycles. The van der Waals surface area contributed by atoms with Gasteiger partial charge in [-0.25, -0.2) is 0 Å². The van der Waals surface area contributed by atoms with Gasteiger partial charge >= 0.3 is 5.97 Å². The summed E-state index contributed by atoms with van der Waals surface area (Å²) in [6, 6.07) is 9.92. The maximum Gasteiger partial charge on any atom is 0.322 e. The third-order valence-corrected chi connectivity index (χ3v) is 2.48. The number of benzene rings is 2. The first-order valence-electron chi connectivity index (χ1n) is 5.21. The molecule has 0 radical (unpaired) electrons. The Morgan fingerprint density at radius 1 is 1.33 bits per heavy atom. The lowest BCUT2D eigenvalue weighted by Gasteiger charge is -2.06. The molecule has 0 aliphatic rings. The van der Waals surface area contributed by atoms with Gasteiger partial charge in [0.1, 0.15) is 6.54 Å². The molecule has 0 bridgehead atoms. The second-order valence-electron chi connectivity index (χ2n) is 3.72. The molecule has 0 aromatic heterocycles. The van der Waals surface area contributed by atoms with Gasteiger partial charge in [0.25, 0.3) is 5.69 Å². The molecule has 2 N–H and O–H groups in total. The SMILES string of the molecule is O=C(O)CNc1cc([N+](=O)[O-])c2ccccc2c1. The first-order chi connectivity index (χ1) is 8.58. The summed E-state index contributed by atoms with van der Waals surface area (Å²) >= 11 is 0. The highest BCUT2D eigenvalue weighted by Crippen LogP contribution is 2.29. The van der Waals surface area contributed by atoms with Gasteiger partial charge in [-0.2, -0.15) is 0 Å². The fraction of sp³-hybridized carbons (Fsp3) is 0.0833. The zero-order valence-electron chi connectivity index (χ0n) is 9.29. The predicted octanol–water partition coefficient (Wildman–Crippen LogP) is 2.24. The highest BCUT2D eigenvalue weighted by molar-refractivity contribution is 5.94. The molecule has 2 aromatic rings. The number of carboxylic acids is 1. The van der Waals surface area contributed by atoms with E-state index in [2.05, 4.69) is 5.32 Å². The smallest absolute Gasteiger partial charge is 0.322 e. The van der Waals surface area contributed by atoms with E-state index in [0.717, 1.165) is 0 Å². The van der Waals surface area contributed by atoms with Crippen LogP contribution in [0.25, 0.3) is 10.8 Å². The van der Waals surface area contributed by atoms with E-state index < -0.39 is 10.9 Å². The van der Waals surface area contributed by atoms with Crippen LogP contribution in [0, 0.1) is 10.1 Å². The van der Waals surface area contributed by atoms with Gasteiger partial charge in [-0.3, -0.25) is 14.9 Å². The molecule has 6 heteroatoms. The van der Waals surface area contributed by atoms with Crippen LogP contribution in [0.1, 0.15) is 0 Å². The molecule has 0 fully saturated rings. The van der Waals surface area contributed by atoms with Crippen molar-refractivity contribution < 1.29 is 14.8 Å². The topological polar surface area (TPSA) is 92.5 Å². The summed E-state index contributed by atoms with van der Waals surface area (Å²) in [4.78, 5) is 20.9. The molecule has 0 saturated carbocycles. The van der Waals surface area contributed by atoms with Crippen LogP contribution in [-0.2, 0) is 4.79 Å². The maximum absolute atomic E-state index is 11.0. The number of carbonyl (C=O) groups is 1. The van der Waals surface area contributed by atoms with E-state index in [1.807, 2.05) is 0 Å². The lowest BCUT2D eigenvalue weighted by molar-refractivity contribution is -0.383. The standard InChI is InChI=1S/C12H10N2O4/c15-12(16)7-13-9-5-8-3-1-2-4-10(8)11(6-9)14(17)18/h1-6,13H,7H2,(H,15,16). The molecule has 2 rings (SSSR count). The second kappa shape index (κ2) is 4.70. The Morgan fingerprint density at radius 3 is 2.72 bits per heavy atom. The molecule has 0 aliphatic carbocycles. The molecule has 18 heavy (non-hydrogen) atoms. The van der Waals surface area contributed by atoms with Crippen LogP contribution >= 0.6 is 0 Å². The minimum atomic E-state index is -1.02. The van der Waals surface area contributed by atoms with E-state index in [1.165, 1.54) is 6.07 Å². The summed E-state index contributed by atoms with van der Waals surface area (Å²) in [5.74, 6) is -1.02. The number of hydrogen-bond acceptors (Lipinski definition) is 4. The third-order valence-electron chi connectivity index (χ3n) is 2.48. The van der Waals surface area contributed by atoms with Crippen molar-refractivity contribution >= 4 is 28.1 Å². The Hall–Kier alpha value is -2.63.